The van der Waals surface area contributed by atoms with Crippen LogP contribution in [-0.4, -0.2) is 50.8 Å². The first-order valence-corrected chi connectivity index (χ1v) is 9.27. The van der Waals surface area contributed by atoms with Crippen LogP contribution in [0.25, 0.3) is 0 Å². The van der Waals surface area contributed by atoms with Gasteiger partial charge in [-0.1, -0.05) is 13.3 Å². The van der Waals surface area contributed by atoms with Crippen LogP contribution in [0.4, 0.5) is 0 Å². The molecule has 1 fully saturated rings. The van der Waals surface area contributed by atoms with Crippen LogP contribution in [-0.2, 0) is 14.8 Å². The van der Waals surface area contributed by atoms with E-state index < -0.39 is 15.6 Å². The van der Waals surface area contributed by atoms with Gasteiger partial charge in [-0.3, -0.25) is 0 Å². The molecule has 0 aromatic heterocycles. The lowest BCUT2D eigenvalue weighted by Crippen LogP contribution is -2.56. The molecule has 120 valence electrons. The van der Waals surface area contributed by atoms with Gasteiger partial charge in [0.15, 0.2) is 0 Å². The number of likely N-dealkylation sites (N-methyl/N-ethyl adjacent to an activating group) is 1. The Labute approximate surface area is 123 Å². The monoisotopic (exact) mass is 306 g/mol. The minimum atomic E-state index is -3.30. The van der Waals surface area contributed by atoms with Gasteiger partial charge in [0.1, 0.15) is 0 Å². The van der Waals surface area contributed by atoms with Gasteiger partial charge in [-0.15, -0.1) is 0 Å². The summed E-state index contributed by atoms with van der Waals surface area (Å²) >= 11 is 0. The molecule has 0 spiro atoms. The minimum Gasteiger partial charge on any atom is -0.381 e. The van der Waals surface area contributed by atoms with Crippen molar-refractivity contribution < 1.29 is 13.2 Å². The van der Waals surface area contributed by atoms with E-state index in [-0.39, 0.29) is 12.4 Å². The van der Waals surface area contributed by atoms with Crippen molar-refractivity contribution in [2.75, 3.05) is 32.6 Å². The van der Waals surface area contributed by atoms with Crippen LogP contribution in [0.3, 0.4) is 0 Å². The lowest BCUT2D eigenvalue weighted by molar-refractivity contribution is 0.125. The second-order valence-electron chi connectivity index (χ2n) is 5.76. The van der Waals surface area contributed by atoms with E-state index in [0.717, 1.165) is 25.7 Å². The summed E-state index contributed by atoms with van der Waals surface area (Å²) in [6, 6.07) is 0. The number of nitrogens with two attached hydrogens (primary N) is 1. The Kier molecular flexibility index (Phi) is 6.91. The minimum absolute atomic E-state index is 0.0380. The van der Waals surface area contributed by atoms with E-state index >= 15 is 0 Å². The molecule has 0 saturated heterocycles. The molecule has 5 nitrogen and oxygen atoms in total. The second kappa shape index (κ2) is 7.73. The molecule has 0 bridgehead atoms. The van der Waals surface area contributed by atoms with Gasteiger partial charge in [0.05, 0.1) is 12.4 Å². The van der Waals surface area contributed by atoms with Crippen LogP contribution in [0.2, 0.25) is 0 Å². The molecule has 0 aliphatic heterocycles. The fourth-order valence-corrected chi connectivity index (χ4v) is 4.46. The van der Waals surface area contributed by atoms with E-state index in [2.05, 4.69) is 6.92 Å². The quantitative estimate of drug-likeness (QED) is 0.691. The first-order valence-electron chi connectivity index (χ1n) is 7.66. The summed E-state index contributed by atoms with van der Waals surface area (Å²) in [7, 11) is -1.62. The topological polar surface area (TPSA) is 72.6 Å². The van der Waals surface area contributed by atoms with Gasteiger partial charge >= 0.3 is 0 Å². The number of rotatable bonds is 8. The first-order chi connectivity index (χ1) is 9.41. The SMILES string of the molecule is CCOCCS(=O)(=O)N(C)C1(CN)CCC(CC)CC1. The number of hydrogen-bond donors (Lipinski definition) is 1. The van der Waals surface area contributed by atoms with E-state index in [1.807, 2.05) is 6.92 Å². The average molecular weight is 306 g/mol. The lowest BCUT2D eigenvalue weighted by Gasteiger charge is -2.45. The fourth-order valence-electron chi connectivity index (χ4n) is 3.01. The lowest BCUT2D eigenvalue weighted by atomic mass is 9.75. The summed E-state index contributed by atoms with van der Waals surface area (Å²) in [5, 5.41) is 0. The number of ether oxygens (including phenoxy) is 1. The molecule has 0 amide bonds. The molecule has 0 heterocycles. The molecule has 2 N–H and O–H groups in total. The smallest absolute Gasteiger partial charge is 0.216 e. The van der Waals surface area contributed by atoms with E-state index in [4.69, 9.17) is 10.5 Å². The maximum absolute atomic E-state index is 12.4. The van der Waals surface area contributed by atoms with Gasteiger partial charge in [0.2, 0.25) is 10.0 Å². The number of sulfonamides is 1. The summed E-state index contributed by atoms with van der Waals surface area (Å²) in [4.78, 5) is 0. The fraction of sp³-hybridized carbons (Fsp3) is 1.00. The van der Waals surface area contributed by atoms with Crippen molar-refractivity contribution in [2.24, 2.45) is 11.7 Å². The van der Waals surface area contributed by atoms with Crippen molar-refractivity contribution in [3.05, 3.63) is 0 Å². The molecule has 1 rings (SSSR count). The molecule has 0 radical (unpaired) electrons. The van der Waals surface area contributed by atoms with E-state index in [1.165, 1.54) is 10.7 Å². The maximum Gasteiger partial charge on any atom is 0.216 e. The average Bonchev–Trinajstić information content (AvgIpc) is 2.46. The zero-order valence-corrected chi connectivity index (χ0v) is 13.9. The molecule has 0 aromatic rings. The van der Waals surface area contributed by atoms with E-state index in [9.17, 15) is 8.42 Å². The molecule has 6 heteroatoms. The third-order valence-electron chi connectivity index (χ3n) is 4.77. The standard InChI is InChI=1S/C14H30N2O3S/c1-4-13-6-8-14(12-15,9-7-13)16(3)20(17,18)11-10-19-5-2/h13H,4-12,15H2,1-3H3. The Morgan fingerprint density at radius 1 is 1.30 bits per heavy atom. The van der Waals surface area contributed by atoms with Gasteiger partial charge in [-0.2, -0.15) is 4.31 Å². The number of nitrogens with zero attached hydrogens (tertiary/aromatic N) is 1. The van der Waals surface area contributed by atoms with E-state index in [1.54, 1.807) is 7.05 Å². The van der Waals surface area contributed by atoms with Crippen LogP contribution in [0.15, 0.2) is 0 Å². The highest BCUT2D eigenvalue weighted by molar-refractivity contribution is 7.89. The van der Waals surface area contributed by atoms with Crippen molar-refractivity contribution in [1.29, 1.82) is 0 Å². The van der Waals surface area contributed by atoms with Crippen molar-refractivity contribution >= 4 is 10.0 Å². The van der Waals surface area contributed by atoms with Crippen LogP contribution in [0.1, 0.15) is 46.0 Å². The highest BCUT2D eigenvalue weighted by Crippen LogP contribution is 2.37. The van der Waals surface area contributed by atoms with Crippen LogP contribution < -0.4 is 5.73 Å². The van der Waals surface area contributed by atoms with Gasteiger partial charge in [-0.05, 0) is 38.5 Å². The summed E-state index contributed by atoms with van der Waals surface area (Å²) in [5.41, 5.74) is 5.55. The Morgan fingerprint density at radius 3 is 2.35 bits per heavy atom. The van der Waals surface area contributed by atoms with Gasteiger partial charge in [0, 0.05) is 25.7 Å². The van der Waals surface area contributed by atoms with Gasteiger partial charge < -0.3 is 10.5 Å². The van der Waals surface area contributed by atoms with Crippen molar-refractivity contribution in [2.45, 2.75) is 51.5 Å². The van der Waals surface area contributed by atoms with Crippen LogP contribution in [0, 0.1) is 5.92 Å². The van der Waals surface area contributed by atoms with Crippen LogP contribution in [0.5, 0.6) is 0 Å². The Bertz CT molecular complexity index is 376. The molecule has 1 aliphatic rings. The summed E-state index contributed by atoms with van der Waals surface area (Å²) < 4.78 is 31.5. The summed E-state index contributed by atoms with van der Waals surface area (Å²) in [5.74, 6) is 0.755. The third-order valence-corrected chi connectivity index (χ3v) is 6.67. The first kappa shape index (κ1) is 17.9. The predicted molar refractivity (Wildman–Crippen MR) is 82.1 cm³/mol. The molecule has 0 unspecified atom stereocenters. The molecular formula is C14H30N2O3S. The number of hydrogen-bond acceptors (Lipinski definition) is 4. The predicted octanol–water partition coefficient (Wildman–Crippen LogP) is 1.58. The molecular weight excluding hydrogens is 276 g/mol. The molecule has 0 aromatic carbocycles. The van der Waals surface area contributed by atoms with Crippen molar-refractivity contribution in [1.82, 2.24) is 4.31 Å². The summed E-state index contributed by atoms with van der Waals surface area (Å²) in [6.07, 6.45) is 5.04. The Morgan fingerprint density at radius 2 is 1.90 bits per heavy atom. The highest BCUT2D eigenvalue weighted by Gasteiger charge is 2.42. The Balaban J connectivity index is 2.73. The van der Waals surface area contributed by atoms with Gasteiger partial charge in [-0.25, -0.2) is 8.42 Å². The maximum atomic E-state index is 12.4. The normalized spacial score (nSPS) is 27.9. The molecule has 20 heavy (non-hydrogen) atoms. The Hall–Kier alpha value is -0.170. The zero-order valence-electron chi connectivity index (χ0n) is 13.1. The molecule has 1 saturated carbocycles. The van der Waals surface area contributed by atoms with Crippen LogP contribution >= 0.6 is 0 Å². The largest absolute Gasteiger partial charge is 0.381 e. The van der Waals surface area contributed by atoms with Gasteiger partial charge in [0.25, 0.3) is 0 Å². The molecule has 0 atom stereocenters. The van der Waals surface area contributed by atoms with Crippen molar-refractivity contribution in [3.8, 4) is 0 Å². The highest BCUT2D eigenvalue weighted by atomic mass is 32.2. The second-order valence-corrected chi connectivity index (χ2v) is 7.88. The third kappa shape index (κ3) is 4.16. The van der Waals surface area contributed by atoms with E-state index in [0.29, 0.717) is 19.1 Å². The summed E-state index contributed by atoms with van der Waals surface area (Å²) in [6.45, 7) is 5.25. The molecule has 1 aliphatic carbocycles. The van der Waals surface area contributed by atoms with Crippen molar-refractivity contribution in [3.63, 3.8) is 0 Å². The zero-order chi connectivity index (χ0) is 15.2.